The van der Waals surface area contributed by atoms with Crippen molar-refractivity contribution in [1.29, 1.82) is 0 Å². The summed E-state index contributed by atoms with van der Waals surface area (Å²) in [6.45, 7) is 3.98. The molecular weight excluding hydrogens is 304 g/mol. The summed E-state index contributed by atoms with van der Waals surface area (Å²) in [6, 6.07) is 7.08. The summed E-state index contributed by atoms with van der Waals surface area (Å²) in [5.74, 6) is 0.372. The number of methoxy groups -OCH3 is 1. The van der Waals surface area contributed by atoms with Crippen molar-refractivity contribution >= 4 is 40.1 Å². The lowest BCUT2D eigenvalue weighted by molar-refractivity contribution is 0.103. The van der Waals surface area contributed by atoms with Gasteiger partial charge in [0, 0.05) is 10.4 Å². The number of carbonyl (C=O) groups excluding carboxylic acids is 1. The van der Waals surface area contributed by atoms with Crippen LogP contribution in [0.15, 0.2) is 24.3 Å². The maximum absolute atomic E-state index is 12.3. The van der Waals surface area contributed by atoms with Gasteiger partial charge in [0.05, 0.1) is 17.7 Å². The summed E-state index contributed by atoms with van der Waals surface area (Å²) >= 11 is 6.40. The Labute approximate surface area is 132 Å². The number of nitrogens with one attached hydrogen (secondary N) is 1. The fourth-order valence-electron chi connectivity index (χ4n) is 1.82. The van der Waals surface area contributed by atoms with Crippen molar-refractivity contribution in [1.82, 2.24) is 0 Å². The van der Waals surface area contributed by atoms with E-state index in [0.29, 0.717) is 21.9 Å². The topological polar surface area (TPSA) is 64.3 Å². The molecule has 110 valence electrons. The predicted octanol–water partition coefficient (Wildman–Crippen LogP) is 3.26. The number of aryl methyl sites for hydroxylation is 2. The number of benzene rings is 1. The molecule has 1 aromatic heterocycles. The van der Waals surface area contributed by atoms with Gasteiger partial charge in [-0.15, -0.1) is 11.3 Å². The lowest BCUT2D eigenvalue weighted by Gasteiger charge is -2.11. The predicted molar refractivity (Wildman–Crippen MR) is 90.6 cm³/mol. The summed E-state index contributed by atoms with van der Waals surface area (Å²) in [7, 11) is 1.54. The Balaban J connectivity index is 2.26. The quantitative estimate of drug-likeness (QED) is 0.849. The molecule has 21 heavy (non-hydrogen) atoms. The molecule has 0 saturated carbocycles. The number of carbonyl (C=O) groups is 1. The second-order valence-corrected chi connectivity index (χ2v) is 6.28. The first-order valence-corrected chi connectivity index (χ1v) is 7.51. The van der Waals surface area contributed by atoms with Crippen molar-refractivity contribution < 1.29 is 9.53 Å². The van der Waals surface area contributed by atoms with Crippen molar-refractivity contribution in [3.05, 3.63) is 45.1 Å². The average Bonchev–Trinajstić information content (AvgIpc) is 2.79. The number of amides is 1. The van der Waals surface area contributed by atoms with E-state index in [1.54, 1.807) is 18.2 Å². The number of thiophene rings is 1. The van der Waals surface area contributed by atoms with Crippen molar-refractivity contribution in [2.45, 2.75) is 13.8 Å². The van der Waals surface area contributed by atoms with E-state index in [1.807, 2.05) is 19.9 Å². The van der Waals surface area contributed by atoms with Gasteiger partial charge in [0.2, 0.25) is 0 Å². The minimum atomic E-state index is -0.155. The molecule has 0 aliphatic carbocycles. The minimum absolute atomic E-state index is 0.155. The van der Waals surface area contributed by atoms with E-state index < -0.39 is 0 Å². The Bertz CT molecular complexity index is 688. The summed E-state index contributed by atoms with van der Waals surface area (Å²) in [5, 5.41) is 2.85. The number of rotatable bonds is 4. The third-order valence-corrected chi connectivity index (χ3v) is 4.51. The molecule has 0 saturated heterocycles. The molecule has 2 rings (SSSR count). The Morgan fingerprint density at radius 1 is 1.33 bits per heavy atom. The lowest BCUT2D eigenvalue weighted by atomic mass is 10.2. The Morgan fingerprint density at radius 2 is 2.05 bits per heavy atom. The molecule has 0 radical (unpaired) electrons. The van der Waals surface area contributed by atoms with Crippen LogP contribution in [0.5, 0.6) is 5.75 Å². The molecule has 6 heteroatoms. The molecule has 0 aliphatic heterocycles. The van der Waals surface area contributed by atoms with Gasteiger partial charge >= 0.3 is 0 Å². The van der Waals surface area contributed by atoms with Crippen LogP contribution < -0.4 is 15.8 Å². The molecule has 0 spiro atoms. The van der Waals surface area contributed by atoms with E-state index in [2.05, 4.69) is 5.32 Å². The zero-order chi connectivity index (χ0) is 15.6. The number of thiocarbonyl (C=S) groups is 1. The zero-order valence-electron chi connectivity index (χ0n) is 12.0. The third kappa shape index (κ3) is 3.40. The first kappa shape index (κ1) is 15.5. The molecule has 1 heterocycles. The third-order valence-electron chi connectivity index (χ3n) is 3.12. The zero-order valence-corrected chi connectivity index (χ0v) is 13.7. The van der Waals surface area contributed by atoms with Crippen LogP contribution in [0, 0.1) is 13.8 Å². The molecule has 0 bridgehead atoms. The van der Waals surface area contributed by atoms with Crippen LogP contribution in [0.1, 0.15) is 25.7 Å². The van der Waals surface area contributed by atoms with Gasteiger partial charge in [0.1, 0.15) is 10.7 Å². The Morgan fingerprint density at radius 3 is 2.57 bits per heavy atom. The summed E-state index contributed by atoms with van der Waals surface area (Å²) in [5.41, 5.74) is 7.99. The summed E-state index contributed by atoms with van der Waals surface area (Å²) in [6.07, 6.45) is 0. The molecule has 1 aromatic carbocycles. The molecule has 3 N–H and O–H groups in total. The van der Waals surface area contributed by atoms with Crippen LogP contribution in [0.2, 0.25) is 0 Å². The maximum Gasteiger partial charge on any atom is 0.265 e. The molecule has 0 atom stereocenters. The van der Waals surface area contributed by atoms with Gasteiger partial charge in [0.25, 0.3) is 5.91 Å². The largest absolute Gasteiger partial charge is 0.495 e. The number of ether oxygens (including phenoxy) is 1. The van der Waals surface area contributed by atoms with Crippen LogP contribution in [-0.2, 0) is 0 Å². The van der Waals surface area contributed by atoms with Gasteiger partial charge < -0.3 is 15.8 Å². The molecule has 0 fully saturated rings. The molecule has 1 amide bonds. The molecular formula is C15H16N2O2S2. The molecule has 2 aromatic rings. The number of hydrogen-bond acceptors (Lipinski definition) is 4. The van der Waals surface area contributed by atoms with Gasteiger partial charge in [-0.2, -0.15) is 0 Å². The van der Waals surface area contributed by atoms with Gasteiger partial charge in [-0.1, -0.05) is 12.2 Å². The Kier molecular flexibility index (Phi) is 4.59. The first-order valence-electron chi connectivity index (χ1n) is 6.28. The highest BCUT2D eigenvalue weighted by Crippen LogP contribution is 2.27. The SMILES string of the molecule is COc1cc(C(N)=S)ccc1NC(=O)c1cc(C)c(C)s1. The van der Waals surface area contributed by atoms with Crippen molar-refractivity contribution in [2.24, 2.45) is 5.73 Å². The standard InChI is InChI=1S/C15H16N2O2S2/c1-8-6-13(21-9(8)2)15(18)17-11-5-4-10(14(16)20)7-12(11)19-3/h4-7H,1-3H3,(H2,16,20)(H,17,18). The van der Waals surface area contributed by atoms with E-state index in [9.17, 15) is 4.79 Å². The lowest BCUT2D eigenvalue weighted by Crippen LogP contribution is -2.13. The number of hydrogen-bond donors (Lipinski definition) is 2. The van der Waals surface area contributed by atoms with Crippen molar-refractivity contribution in [3.8, 4) is 5.75 Å². The van der Waals surface area contributed by atoms with Gasteiger partial charge in [-0.05, 0) is 43.7 Å². The van der Waals surface area contributed by atoms with E-state index in [1.165, 1.54) is 18.4 Å². The van der Waals surface area contributed by atoms with Crippen LogP contribution in [0.3, 0.4) is 0 Å². The molecule has 4 nitrogen and oxygen atoms in total. The van der Waals surface area contributed by atoms with Crippen LogP contribution in [-0.4, -0.2) is 18.0 Å². The van der Waals surface area contributed by atoms with E-state index in [4.69, 9.17) is 22.7 Å². The summed E-state index contributed by atoms with van der Waals surface area (Å²) < 4.78 is 5.28. The van der Waals surface area contributed by atoms with E-state index in [-0.39, 0.29) is 10.9 Å². The monoisotopic (exact) mass is 320 g/mol. The highest BCUT2D eigenvalue weighted by atomic mass is 32.1. The fraction of sp³-hybridized carbons (Fsp3) is 0.200. The van der Waals surface area contributed by atoms with E-state index in [0.717, 1.165) is 10.4 Å². The fourth-order valence-corrected chi connectivity index (χ4v) is 2.87. The van der Waals surface area contributed by atoms with Gasteiger partial charge in [0.15, 0.2) is 0 Å². The van der Waals surface area contributed by atoms with E-state index >= 15 is 0 Å². The molecule has 0 aliphatic rings. The normalized spacial score (nSPS) is 10.2. The average molecular weight is 320 g/mol. The number of anilines is 1. The first-order chi connectivity index (χ1) is 9.92. The van der Waals surface area contributed by atoms with Crippen LogP contribution in [0.4, 0.5) is 5.69 Å². The second-order valence-electron chi connectivity index (χ2n) is 4.58. The maximum atomic E-state index is 12.3. The number of nitrogens with two attached hydrogens (primary N) is 1. The Hall–Kier alpha value is -1.92. The highest BCUT2D eigenvalue weighted by Gasteiger charge is 2.13. The van der Waals surface area contributed by atoms with Crippen LogP contribution in [0.25, 0.3) is 0 Å². The minimum Gasteiger partial charge on any atom is -0.495 e. The van der Waals surface area contributed by atoms with Gasteiger partial charge in [-0.3, -0.25) is 4.79 Å². The smallest absolute Gasteiger partial charge is 0.265 e. The second kappa shape index (κ2) is 6.24. The van der Waals surface area contributed by atoms with Crippen molar-refractivity contribution in [3.63, 3.8) is 0 Å². The molecule has 0 unspecified atom stereocenters. The summed E-state index contributed by atoms with van der Waals surface area (Å²) in [4.78, 5) is 14.4. The van der Waals surface area contributed by atoms with Gasteiger partial charge in [-0.25, -0.2) is 0 Å². The van der Waals surface area contributed by atoms with Crippen molar-refractivity contribution in [2.75, 3.05) is 12.4 Å². The highest BCUT2D eigenvalue weighted by molar-refractivity contribution is 7.80. The van der Waals surface area contributed by atoms with Crippen LogP contribution >= 0.6 is 23.6 Å².